The van der Waals surface area contributed by atoms with Gasteiger partial charge in [0.25, 0.3) is 0 Å². The third kappa shape index (κ3) is 5.03. The second-order valence-corrected chi connectivity index (χ2v) is 7.30. The smallest absolute Gasteiger partial charge is 0.235 e. The minimum atomic E-state index is 0.265. The first-order chi connectivity index (χ1) is 15.7. The molecular formula is C24H27N7O. The number of aromatic nitrogens is 4. The van der Waals surface area contributed by atoms with Gasteiger partial charge in [-0.2, -0.15) is 15.0 Å². The molecule has 0 saturated heterocycles. The van der Waals surface area contributed by atoms with Gasteiger partial charge < -0.3 is 20.6 Å². The van der Waals surface area contributed by atoms with Crippen LogP contribution < -0.4 is 15.5 Å². The molecule has 0 aliphatic carbocycles. The fourth-order valence-electron chi connectivity index (χ4n) is 3.45. The summed E-state index contributed by atoms with van der Waals surface area (Å²) in [5.74, 6) is 2.52. The molecule has 0 bridgehead atoms. The predicted octanol–water partition coefficient (Wildman–Crippen LogP) is 4.37. The van der Waals surface area contributed by atoms with Crippen molar-refractivity contribution in [1.82, 2.24) is 19.9 Å². The highest BCUT2D eigenvalue weighted by molar-refractivity contribution is 5.92. The van der Waals surface area contributed by atoms with Crippen molar-refractivity contribution in [2.45, 2.75) is 20.3 Å². The van der Waals surface area contributed by atoms with Crippen LogP contribution in [-0.4, -0.2) is 44.7 Å². The Bertz CT molecular complexity index is 1170. The summed E-state index contributed by atoms with van der Waals surface area (Å²) in [5.41, 5.74) is 1.12. The van der Waals surface area contributed by atoms with Gasteiger partial charge in [-0.25, -0.2) is 4.98 Å². The van der Waals surface area contributed by atoms with Crippen LogP contribution in [0.1, 0.15) is 19.4 Å². The maximum Gasteiger partial charge on any atom is 0.235 e. The molecule has 0 aliphatic heterocycles. The summed E-state index contributed by atoms with van der Waals surface area (Å²) in [7, 11) is 0. The highest BCUT2D eigenvalue weighted by atomic mass is 16.3. The molecule has 0 saturated carbocycles. The normalized spacial score (nSPS) is 10.8. The predicted molar refractivity (Wildman–Crippen MR) is 129 cm³/mol. The zero-order valence-electron chi connectivity index (χ0n) is 18.3. The van der Waals surface area contributed by atoms with E-state index in [2.05, 4.69) is 49.3 Å². The van der Waals surface area contributed by atoms with Gasteiger partial charge in [-0.05, 0) is 49.4 Å². The Labute approximate surface area is 187 Å². The number of aromatic hydroxyl groups is 1. The zero-order chi connectivity index (χ0) is 22.3. The molecule has 0 atom stereocenters. The topological polar surface area (TPSA) is 99.1 Å². The fraction of sp³-hybridized carbons (Fsp3) is 0.250. The van der Waals surface area contributed by atoms with Gasteiger partial charge in [-0.15, -0.1) is 0 Å². The number of fused-ring (bicyclic) bond motifs is 1. The van der Waals surface area contributed by atoms with E-state index < -0.39 is 0 Å². The molecule has 0 aliphatic rings. The molecule has 164 valence electrons. The van der Waals surface area contributed by atoms with Crippen molar-refractivity contribution >= 4 is 34.4 Å². The van der Waals surface area contributed by atoms with Crippen molar-refractivity contribution < 1.29 is 5.11 Å². The van der Waals surface area contributed by atoms with E-state index in [9.17, 15) is 5.11 Å². The molecule has 0 unspecified atom stereocenters. The fourth-order valence-corrected chi connectivity index (χ4v) is 3.45. The molecule has 0 radical (unpaired) electrons. The summed E-state index contributed by atoms with van der Waals surface area (Å²) in [6.45, 7) is 6.38. The molecule has 8 nitrogen and oxygen atoms in total. The first-order valence-corrected chi connectivity index (χ1v) is 10.8. The Morgan fingerprint density at radius 1 is 0.875 bits per heavy atom. The maximum absolute atomic E-state index is 9.45. The first kappa shape index (κ1) is 21.3. The standard InChI is InChI=1S/C24H27N7O/c1-3-31(4-2)24-29-22(26-15-13-17-9-11-19(32)12-10-17)28-23(30-24)27-21-20-8-6-5-7-18(20)14-16-25-21/h5-12,14,16,32H,3-4,13,15H2,1-2H3,(H2,25,26,27,28,29,30). The number of phenolic OH excluding ortho intramolecular Hbond substituents is 1. The van der Waals surface area contributed by atoms with Crippen molar-refractivity contribution in [1.29, 1.82) is 0 Å². The third-order valence-electron chi connectivity index (χ3n) is 5.21. The van der Waals surface area contributed by atoms with Crippen LogP contribution in [0.4, 0.5) is 23.7 Å². The molecule has 32 heavy (non-hydrogen) atoms. The van der Waals surface area contributed by atoms with Gasteiger partial charge in [-0.1, -0.05) is 36.4 Å². The number of nitrogens with zero attached hydrogens (tertiary/aromatic N) is 5. The van der Waals surface area contributed by atoms with Crippen LogP contribution in [0.15, 0.2) is 60.8 Å². The molecule has 2 aromatic carbocycles. The quantitative estimate of drug-likeness (QED) is 0.361. The lowest BCUT2D eigenvalue weighted by molar-refractivity contribution is 0.475. The SMILES string of the molecule is CCN(CC)c1nc(NCCc2ccc(O)cc2)nc(Nc2nccc3ccccc23)n1. The van der Waals surface area contributed by atoms with Crippen molar-refractivity contribution in [2.75, 3.05) is 35.2 Å². The van der Waals surface area contributed by atoms with E-state index in [-0.39, 0.29) is 5.75 Å². The number of anilines is 4. The Hall–Kier alpha value is -3.94. The molecule has 2 heterocycles. The van der Waals surface area contributed by atoms with E-state index in [0.29, 0.717) is 30.2 Å². The van der Waals surface area contributed by atoms with E-state index in [4.69, 9.17) is 0 Å². The Morgan fingerprint density at radius 2 is 1.62 bits per heavy atom. The molecule has 4 aromatic rings. The monoisotopic (exact) mass is 429 g/mol. The lowest BCUT2D eigenvalue weighted by Crippen LogP contribution is -2.25. The Morgan fingerprint density at radius 3 is 2.41 bits per heavy atom. The minimum absolute atomic E-state index is 0.265. The summed E-state index contributed by atoms with van der Waals surface area (Å²) >= 11 is 0. The highest BCUT2D eigenvalue weighted by Crippen LogP contribution is 2.24. The summed E-state index contributed by atoms with van der Waals surface area (Å²) in [6, 6.07) is 17.2. The Balaban J connectivity index is 1.58. The summed E-state index contributed by atoms with van der Waals surface area (Å²) < 4.78 is 0. The van der Waals surface area contributed by atoms with Crippen LogP contribution >= 0.6 is 0 Å². The number of hydrogen-bond acceptors (Lipinski definition) is 8. The van der Waals surface area contributed by atoms with Crippen LogP contribution in [0.5, 0.6) is 5.75 Å². The molecular weight excluding hydrogens is 402 g/mol. The number of rotatable bonds is 9. The van der Waals surface area contributed by atoms with E-state index >= 15 is 0 Å². The van der Waals surface area contributed by atoms with Crippen LogP contribution in [0.3, 0.4) is 0 Å². The van der Waals surface area contributed by atoms with Crippen LogP contribution in [0.25, 0.3) is 10.8 Å². The zero-order valence-corrected chi connectivity index (χ0v) is 18.3. The molecule has 0 fully saturated rings. The number of benzene rings is 2. The average molecular weight is 430 g/mol. The van der Waals surface area contributed by atoms with Gasteiger partial charge in [0.2, 0.25) is 17.8 Å². The number of phenols is 1. The lowest BCUT2D eigenvalue weighted by atomic mass is 10.1. The Kier molecular flexibility index (Phi) is 6.60. The second-order valence-electron chi connectivity index (χ2n) is 7.30. The molecule has 8 heteroatoms. The van der Waals surface area contributed by atoms with E-state index in [1.165, 1.54) is 0 Å². The van der Waals surface area contributed by atoms with Gasteiger partial charge in [0.05, 0.1) is 0 Å². The van der Waals surface area contributed by atoms with E-state index in [1.54, 1.807) is 18.3 Å². The third-order valence-corrected chi connectivity index (χ3v) is 5.21. The summed E-state index contributed by atoms with van der Waals surface area (Å²) in [5, 5.41) is 18.1. The lowest BCUT2D eigenvalue weighted by Gasteiger charge is -2.20. The van der Waals surface area contributed by atoms with Crippen LogP contribution in [0, 0.1) is 0 Å². The van der Waals surface area contributed by atoms with E-state index in [0.717, 1.165) is 35.8 Å². The number of pyridine rings is 1. The molecule has 0 amide bonds. The van der Waals surface area contributed by atoms with Crippen LogP contribution in [0.2, 0.25) is 0 Å². The number of hydrogen-bond donors (Lipinski definition) is 3. The molecule has 0 spiro atoms. The van der Waals surface area contributed by atoms with Gasteiger partial charge in [-0.3, -0.25) is 0 Å². The second kappa shape index (κ2) is 9.91. The average Bonchev–Trinajstić information content (AvgIpc) is 2.81. The minimum Gasteiger partial charge on any atom is -0.508 e. The van der Waals surface area contributed by atoms with Crippen molar-refractivity contribution in [3.8, 4) is 5.75 Å². The van der Waals surface area contributed by atoms with Crippen molar-refractivity contribution in [3.63, 3.8) is 0 Å². The maximum atomic E-state index is 9.45. The summed E-state index contributed by atoms with van der Waals surface area (Å²) in [6.07, 6.45) is 2.55. The molecule has 4 rings (SSSR count). The van der Waals surface area contributed by atoms with Crippen molar-refractivity contribution in [2.24, 2.45) is 0 Å². The van der Waals surface area contributed by atoms with Gasteiger partial charge in [0.1, 0.15) is 11.6 Å². The summed E-state index contributed by atoms with van der Waals surface area (Å²) in [4.78, 5) is 20.4. The molecule has 2 aromatic heterocycles. The first-order valence-electron chi connectivity index (χ1n) is 10.8. The molecule has 3 N–H and O–H groups in total. The van der Waals surface area contributed by atoms with Crippen LogP contribution in [-0.2, 0) is 6.42 Å². The number of nitrogens with one attached hydrogen (secondary N) is 2. The van der Waals surface area contributed by atoms with Gasteiger partial charge in [0, 0.05) is 31.2 Å². The van der Waals surface area contributed by atoms with Gasteiger partial charge in [0.15, 0.2) is 0 Å². The largest absolute Gasteiger partial charge is 0.508 e. The van der Waals surface area contributed by atoms with Crippen molar-refractivity contribution in [3.05, 3.63) is 66.4 Å². The van der Waals surface area contributed by atoms with E-state index in [1.807, 2.05) is 42.5 Å². The van der Waals surface area contributed by atoms with Gasteiger partial charge >= 0.3 is 0 Å². The highest BCUT2D eigenvalue weighted by Gasteiger charge is 2.13.